The van der Waals surface area contributed by atoms with Crippen LogP contribution in [0.1, 0.15) is 45.8 Å². The number of H-pyrrole nitrogens is 1. The molecule has 2 amide bonds. The highest BCUT2D eigenvalue weighted by atomic mass is 32.1. The van der Waals surface area contributed by atoms with Crippen molar-refractivity contribution in [3.05, 3.63) is 94.2 Å². The molecule has 1 aliphatic heterocycles. The van der Waals surface area contributed by atoms with Gasteiger partial charge in [0.25, 0.3) is 11.8 Å². The number of furan rings is 1. The number of hydrogen-bond acceptors (Lipinski definition) is 5. The van der Waals surface area contributed by atoms with Gasteiger partial charge in [0, 0.05) is 23.7 Å². The van der Waals surface area contributed by atoms with E-state index >= 15 is 0 Å². The van der Waals surface area contributed by atoms with Gasteiger partial charge in [-0.2, -0.15) is 0 Å². The first kappa shape index (κ1) is 24.1. The molecule has 2 atom stereocenters. The number of rotatable bonds is 9. The fraction of sp³-hybridized carbons (Fsp3) is 0.286. The van der Waals surface area contributed by atoms with E-state index in [1.54, 1.807) is 28.4 Å². The summed E-state index contributed by atoms with van der Waals surface area (Å²) in [6.07, 6.45) is 1.89. The van der Waals surface area contributed by atoms with Crippen molar-refractivity contribution in [3.63, 3.8) is 0 Å². The van der Waals surface area contributed by atoms with E-state index in [2.05, 4.69) is 10.3 Å². The van der Waals surface area contributed by atoms with Crippen LogP contribution >= 0.6 is 11.3 Å². The predicted octanol–water partition coefficient (Wildman–Crippen LogP) is 5.32. The van der Waals surface area contributed by atoms with Gasteiger partial charge in [0.1, 0.15) is 17.2 Å². The molecule has 0 radical (unpaired) electrons. The Bertz CT molecular complexity index is 1290. The molecule has 4 aromatic rings. The SMILES string of the molecule is Cc1ccc(C(C(=O)NCC2CCCO2)N(Cc2cccs2)C(=O)c2ccc(-c3ccccc3)[nH]2)o1. The Morgan fingerprint density at radius 2 is 1.97 bits per heavy atom. The molecule has 0 spiro atoms. The summed E-state index contributed by atoms with van der Waals surface area (Å²) < 4.78 is 11.6. The maximum absolute atomic E-state index is 14.0. The van der Waals surface area contributed by atoms with Crippen LogP contribution in [0, 0.1) is 6.92 Å². The number of hydrogen-bond donors (Lipinski definition) is 2. The molecule has 7 nitrogen and oxygen atoms in total. The fourth-order valence-electron chi connectivity index (χ4n) is 4.45. The second kappa shape index (κ2) is 11.0. The lowest BCUT2D eigenvalue weighted by atomic mass is 10.1. The number of ether oxygens (including phenoxy) is 1. The van der Waals surface area contributed by atoms with Crippen molar-refractivity contribution in [2.75, 3.05) is 13.2 Å². The van der Waals surface area contributed by atoms with Crippen molar-refractivity contribution < 1.29 is 18.7 Å². The average Bonchev–Trinajstić information content (AvgIpc) is 3.71. The molecule has 2 unspecified atom stereocenters. The summed E-state index contributed by atoms with van der Waals surface area (Å²) in [6.45, 7) is 3.21. The molecule has 2 N–H and O–H groups in total. The Hall–Kier alpha value is -3.62. The van der Waals surface area contributed by atoms with E-state index in [9.17, 15) is 9.59 Å². The van der Waals surface area contributed by atoms with Gasteiger partial charge in [-0.15, -0.1) is 11.3 Å². The van der Waals surface area contributed by atoms with Gasteiger partial charge < -0.3 is 24.4 Å². The predicted molar refractivity (Wildman–Crippen MR) is 139 cm³/mol. The highest BCUT2D eigenvalue weighted by Crippen LogP contribution is 2.29. The van der Waals surface area contributed by atoms with Crippen molar-refractivity contribution in [1.29, 1.82) is 0 Å². The van der Waals surface area contributed by atoms with E-state index < -0.39 is 6.04 Å². The van der Waals surface area contributed by atoms with E-state index in [1.165, 1.54) is 0 Å². The summed E-state index contributed by atoms with van der Waals surface area (Å²) in [7, 11) is 0. The quantitative estimate of drug-likeness (QED) is 0.323. The van der Waals surface area contributed by atoms with Crippen molar-refractivity contribution >= 4 is 23.2 Å². The average molecular weight is 504 g/mol. The number of nitrogens with zero attached hydrogens (tertiary/aromatic N) is 1. The fourth-order valence-corrected chi connectivity index (χ4v) is 5.16. The summed E-state index contributed by atoms with van der Waals surface area (Å²) in [6, 6.07) is 20.0. The number of carbonyl (C=O) groups is 2. The van der Waals surface area contributed by atoms with Crippen molar-refractivity contribution in [1.82, 2.24) is 15.2 Å². The van der Waals surface area contributed by atoms with Crippen LogP contribution in [0.4, 0.5) is 0 Å². The zero-order valence-corrected chi connectivity index (χ0v) is 20.9. The van der Waals surface area contributed by atoms with Gasteiger partial charge in [0.05, 0.1) is 12.6 Å². The van der Waals surface area contributed by atoms with Crippen LogP contribution in [-0.2, 0) is 16.1 Å². The number of carbonyl (C=O) groups excluding carboxylic acids is 2. The van der Waals surface area contributed by atoms with Crippen LogP contribution in [-0.4, -0.2) is 41.0 Å². The normalized spacial score (nSPS) is 16.1. The second-order valence-electron chi connectivity index (χ2n) is 8.90. The molecule has 3 aromatic heterocycles. The molecule has 5 rings (SSSR count). The summed E-state index contributed by atoms with van der Waals surface area (Å²) in [5.74, 6) is 0.533. The van der Waals surface area contributed by atoms with Crippen LogP contribution in [0.5, 0.6) is 0 Å². The molecular formula is C28H29N3O4S. The zero-order chi connectivity index (χ0) is 24.9. The van der Waals surface area contributed by atoms with E-state index in [0.29, 0.717) is 30.4 Å². The Labute approximate surface area is 214 Å². The smallest absolute Gasteiger partial charge is 0.271 e. The highest BCUT2D eigenvalue weighted by Gasteiger charge is 2.35. The van der Waals surface area contributed by atoms with Crippen molar-refractivity contribution in [2.45, 2.75) is 38.5 Å². The number of nitrogens with one attached hydrogen (secondary N) is 2. The first-order chi connectivity index (χ1) is 17.6. The number of thiophene rings is 1. The lowest BCUT2D eigenvalue weighted by Crippen LogP contribution is -2.45. The molecule has 186 valence electrons. The van der Waals surface area contributed by atoms with Crippen LogP contribution in [0.15, 0.2) is 76.5 Å². The maximum Gasteiger partial charge on any atom is 0.271 e. The lowest BCUT2D eigenvalue weighted by molar-refractivity contribution is -0.127. The molecule has 0 bridgehead atoms. The summed E-state index contributed by atoms with van der Waals surface area (Å²) >= 11 is 1.54. The minimum absolute atomic E-state index is 0.00813. The molecule has 0 saturated carbocycles. The van der Waals surface area contributed by atoms with Gasteiger partial charge in [-0.25, -0.2) is 0 Å². The number of aryl methyl sites for hydroxylation is 1. The second-order valence-corrected chi connectivity index (χ2v) is 9.93. The Kier molecular flexibility index (Phi) is 7.34. The molecular weight excluding hydrogens is 474 g/mol. The molecule has 36 heavy (non-hydrogen) atoms. The van der Waals surface area contributed by atoms with Gasteiger partial charge in [-0.1, -0.05) is 36.4 Å². The first-order valence-electron chi connectivity index (χ1n) is 12.1. The Balaban J connectivity index is 1.47. The lowest BCUT2D eigenvalue weighted by Gasteiger charge is -2.29. The van der Waals surface area contributed by atoms with Crippen molar-refractivity contribution in [2.24, 2.45) is 0 Å². The van der Waals surface area contributed by atoms with Gasteiger partial charge >= 0.3 is 0 Å². The van der Waals surface area contributed by atoms with Crippen LogP contribution < -0.4 is 5.32 Å². The molecule has 1 saturated heterocycles. The largest absolute Gasteiger partial charge is 0.464 e. The van der Waals surface area contributed by atoms with Gasteiger partial charge in [-0.05, 0) is 61.0 Å². The molecule has 1 aromatic carbocycles. The first-order valence-corrected chi connectivity index (χ1v) is 13.0. The Morgan fingerprint density at radius 3 is 2.67 bits per heavy atom. The monoisotopic (exact) mass is 503 g/mol. The summed E-state index contributed by atoms with van der Waals surface area (Å²) in [5.41, 5.74) is 2.22. The number of aromatic nitrogens is 1. The molecule has 1 aliphatic rings. The Morgan fingerprint density at radius 1 is 1.11 bits per heavy atom. The van der Waals surface area contributed by atoms with E-state index in [0.717, 1.165) is 29.0 Å². The summed E-state index contributed by atoms with van der Waals surface area (Å²) in [5, 5.41) is 4.97. The number of aromatic amines is 1. The minimum Gasteiger partial charge on any atom is -0.464 e. The number of amides is 2. The molecule has 0 aliphatic carbocycles. The standard InChI is InChI=1S/C28H29N3O4S/c1-19-11-14-25(35-19)26(27(32)29-17-21-9-5-15-34-21)31(18-22-10-6-16-36-22)28(33)24-13-12-23(30-24)20-7-3-2-4-8-20/h2-4,6-8,10-14,16,21,26,30H,5,9,15,17-18H2,1H3,(H,29,32). The van der Waals surface area contributed by atoms with Crippen molar-refractivity contribution in [3.8, 4) is 11.3 Å². The van der Waals surface area contributed by atoms with Crippen LogP contribution in [0.3, 0.4) is 0 Å². The van der Waals surface area contributed by atoms with Gasteiger partial charge in [-0.3, -0.25) is 9.59 Å². The van der Waals surface area contributed by atoms with E-state index in [1.807, 2.05) is 66.9 Å². The van der Waals surface area contributed by atoms with Crippen LogP contribution in [0.25, 0.3) is 11.3 Å². The highest BCUT2D eigenvalue weighted by molar-refractivity contribution is 7.09. The topological polar surface area (TPSA) is 87.6 Å². The maximum atomic E-state index is 14.0. The minimum atomic E-state index is -0.932. The van der Waals surface area contributed by atoms with Gasteiger partial charge in [0.15, 0.2) is 6.04 Å². The third-order valence-corrected chi connectivity index (χ3v) is 7.15. The zero-order valence-electron chi connectivity index (χ0n) is 20.1. The van der Waals surface area contributed by atoms with Crippen LogP contribution in [0.2, 0.25) is 0 Å². The molecule has 4 heterocycles. The number of benzene rings is 1. The molecule has 1 fully saturated rings. The third-order valence-electron chi connectivity index (χ3n) is 6.29. The van der Waals surface area contributed by atoms with E-state index in [4.69, 9.17) is 9.15 Å². The summed E-state index contributed by atoms with van der Waals surface area (Å²) in [4.78, 5) is 33.4. The van der Waals surface area contributed by atoms with E-state index in [-0.39, 0.29) is 24.5 Å². The third kappa shape index (κ3) is 5.45. The van der Waals surface area contributed by atoms with Gasteiger partial charge in [0.2, 0.25) is 0 Å². The molecule has 8 heteroatoms.